The number of hydrogen-bond acceptors (Lipinski definition) is 4. The Morgan fingerprint density at radius 3 is 2.70 bits per heavy atom. The second-order valence-electron chi connectivity index (χ2n) is 5.63. The minimum atomic E-state index is -0.437. The fourth-order valence-electron chi connectivity index (χ4n) is 2.57. The zero-order valence-corrected chi connectivity index (χ0v) is 12.7. The van der Waals surface area contributed by atoms with Gasteiger partial charge in [-0.3, -0.25) is 4.79 Å². The van der Waals surface area contributed by atoms with Gasteiger partial charge < -0.3 is 20.5 Å². The van der Waals surface area contributed by atoms with Crippen molar-refractivity contribution >= 4 is 5.91 Å². The molecule has 0 unspecified atom stereocenters. The molecule has 0 bridgehead atoms. The summed E-state index contributed by atoms with van der Waals surface area (Å²) >= 11 is 0. The smallest absolute Gasteiger partial charge is 0.237 e. The highest BCUT2D eigenvalue weighted by molar-refractivity contribution is 5.82. The Labute approximate surface area is 135 Å². The average molecular weight is 312 g/mol. The molecule has 0 aromatic heterocycles. The van der Waals surface area contributed by atoms with Gasteiger partial charge in [0.05, 0.1) is 12.1 Å². The van der Waals surface area contributed by atoms with Crippen molar-refractivity contribution < 1.29 is 14.6 Å². The van der Waals surface area contributed by atoms with E-state index in [2.05, 4.69) is 10.6 Å². The maximum Gasteiger partial charge on any atom is 0.237 e. The van der Waals surface area contributed by atoms with E-state index in [1.54, 1.807) is 0 Å². The Balaban J connectivity index is 1.56. The number of amides is 1. The van der Waals surface area contributed by atoms with Crippen LogP contribution in [0.5, 0.6) is 11.5 Å². The zero-order chi connectivity index (χ0) is 16.1. The SMILES string of the molecule is O=C(NCc1cccc(Oc2ccccc2)c1)[C@H]1C[C@@H](O)CN1. The lowest BCUT2D eigenvalue weighted by Crippen LogP contribution is -2.39. The lowest BCUT2D eigenvalue weighted by molar-refractivity contribution is -0.123. The summed E-state index contributed by atoms with van der Waals surface area (Å²) in [6.45, 7) is 0.900. The number of rotatable bonds is 5. The van der Waals surface area contributed by atoms with Crippen LogP contribution in [0.3, 0.4) is 0 Å². The molecule has 1 heterocycles. The first-order valence-electron chi connectivity index (χ1n) is 7.72. The maximum absolute atomic E-state index is 12.0. The van der Waals surface area contributed by atoms with E-state index in [0.717, 1.165) is 17.1 Å². The first-order valence-corrected chi connectivity index (χ1v) is 7.72. The molecule has 3 rings (SSSR count). The van der Waals surface area contributed by atoms with E-state index in [9.17, 15) is 9.90 Å². The molecular weight excluding hydrogens is 292 g/mol. The summed E-state index contributed by atoms with van der Waals surface area (Å²) in [6.07, 6.45) is 0.0246. The minimum Gasteiger partial charge on any atom is -0.457 e. The van der Waals surface area contributed by atoms with Gasteiger partial charge in [0, 0.05) is 13.1 Å². The van der Waals surface area contributed by atoms with E-state index in [4.69, 9.17) is 4.74 Å². The summed E-state index contributed by atoms with van der Waals surface area (Å²) in [5.74, 6) is 1.42. The van der Waals surface area contributed by atoms with Crippen LogP contribution in [0.1, 0.15) is 12.0 Å². The molecule has 5 heteroatoms. The van der Waals surface area contributed by atoms with E-state index in [1.165, 1.54) is 0 Å². The molecule has 2 aromatic carbocycles. The van der Waals surface area contributed by atoms with E-state index in [-0.39, 0.29) is 11.9 Å². The number of nitrogens with one attached hydrogen (secondary N) is 2. The van der Waals surface area contributed by atoms with Crippen molar-refractivity contribution in [1.29, 1.82) is 0 Å². The van der Waals surface area contributed by atoms with Gasteiger partial charge >= 0.3 is 0 Å². The molecule has 120 valence electrons. The van der Waals surface area contributed by atoms with Crippen molar-refractivity contribution in [2.75, 3.05) is 6.54 Å². The van der Waals surface area contributed by atoms with E-state index in [0.29, 0.717) is 19.5 Å². The zero-order valence-electron chi connectivity index (χ0n) is 12.7. The highest BCUT2D eigenvalue weighted by atomic mass is 16.5. The summed E-state index contributed by atoms with van der Waals surface area (Å²) in [4.78, 5) is 12.0. The van der Waals surface area contributed by atoms with E-state index in [1.807, 2.05) is 54.6 Å². The van der Waals surface area contributed by atoms with Crippen molar-refractivity contribution in [2.24, 2.45) is 0 Å². The maximum atomic E-state index is 12.0. The van der Waals surface area contributed by atoms with Gasteiger partial charge in [-0.2, -0.15) is 0 Å². The third-order valence-corrected chi connectivity index (χ3v) is 3.77. The third kappa shape index (κ3) is 4.31. The molecule has 0 radical (unpaired) electrons. The summed E-state index contributed by atoms with van der Waals surface area (Å²) < 4.78 is 5.78. The Bertz CT molecular complexity index is 660. The number of ether oxygens (including phenoxy) is 1. The third-order valence-electron chi connectivity index (χ3n) is 3.77. The van der Waals surface area contributed by atoms with Crippen molar-refractivity contribution in [3.05, 3.63) is 60.2 Å². The molecule has 1 aliphatic heterocycles. The molecule has 1 fully saturated rings. The average Bonchev–Trinajstić information content (AvgIpc) is 3.01. The van der Waals surface area contributed by atoms with Gasteiger partial charge in [0.2, 0.25) is 5.91 Å². The Morgan fingerprint density at radius 2 is 1.96 bits per heavy atom. The molecule has 3 N–H and O–H groups in total. The number of carbonyl (C=O) groups excluding carboxylic acids is 1. The monoisotopic (exact) mass is 312 g/mol. The first kappa shape index (κ1) is 15.5. The molecule has 2 atom stereocenters. The van der Waals surface area contributed by atoms with Crippen LogP contribution in [-0.2, 0) is 11.3 Å². The predicted octanol–water partition coefficient (Wildman–Crippen LogP) is 1.82. The van der Waals surface area contributed by atoms with Gasteiger partial charge in [-0.15, -0.1) is 0 Å². The molecule has 0 saturated carbocycles. The number of hydrogen-bond donors (Lipinski definition) is 3. The largest absolute Gasteiger partial charge is 0.457 e. The van der Waals surface area contributed by atoms with Crippen molar-refractivity contribution in [3.8, 4) is 11.5 Å². The van der Waals surface area contributed by atoms with Crippen LogP contribution in [0.25, 0.3) is 0 Å². The van der Waals surface area contributed by atoms with Gasteiger partial charge in [0.1, 0.15) is 11.5 Å². The van der Waals surface area contributed by atoms with Gasteiger partial charge in [-0.05, 0) is 36.2 Å². The van der Waals surface area contributed by atoms with Crippen LogP contribution in [0.15, 0.2) is 54.6 Å². The standard InChI is InChI=1S/C18H20N2O3/c21-14-10-17(19-12-14)18(22)20-11-13-5-4-8-16(9-13)23-15-6-2-1-3-7-15/h1-9,14,17,19,21H,10-12H2,(H,20,22)/t14-,17-/m1/s1. The van der Waals surface area contributed by atoms with Crippen LogP contribution in [0.2, 0.25) is 0 Å². The second-order valence-corrected chi connectivity index (χ2v) is 5.63. The summed E-state index contributed by atoms with van der Waals surface area (Å²) in [5, 5.41) is 15.3. The van der Waals surface area contributed by atoms with Crippen LogP contribution in [0, 0.1) is 0 Å². The fourth-order valence-corrected chi connectivity index (χ4v) is 2.57. The van der Waals surface area contributed by atoms with Crippen LogP contribution in [0.4, 0.5) is 0 Å². The number of aliphatic hydroxyl groups excluding tert-OH is 1. The molecule has 5 nitrogen and oxygen atoms in total. The van der Waals surface area contributed by atoms with E-state index < -0.39 is 6.10 Å². The number of benzene rings is 2. The number of carbonyl (C=O) groups is 1. The summed E-state index contributed by atoms with van der Waals surface area (Å²) in [6, 6.07) is 16.9. The topological polar surface area (TPSA) is 70.6 Å². The second kappa shape index (κ2) is 7.26. The highest BCUT2D eigenvalue weighted by Crippen LogP contribution is 2.21. The van der Waals surface area contributed by atoms with Crippen LogP contribution >= 0.6 is 0 Å². The molecule has 23 heavy (non-hydrogen) atoms. The fraction of sp³-hybridized carbons (Fsp3) is 0.278. The van der Waals surface area contributed by atoms with E-state index >= 15 is 0 Å². The lowest BCUT2D eigenvalue weighted by Gasteiger charge is -2.12. The molecule has 1 aliphatic rings. The number of β-amino-alcohol motifs (C(OH)–C–C–N with tert-alkyl or cyclic N) is 1. The number of aliphatic hydroxyl groups is 1. The molecular formula is C18H20N2O3. The van der Waals surface area contributed by atoms with Gasteiger partial charge in [-0.1, -0.05) is 30.3 Å². The van der Waals surface area contributed by atoms with Gasteiger partial charge in [0.15, 0.2) is 0 Å². The van der Waals surface area contributed by atoms with Crippen LogP contribution in [-0.4, -0.2) is 29.7 Å². The summed E-state index contributed by atoms with van der Waals surface area (Å²) in [5.41, 5.74) is 0.963. The first-order chi connectivity index (χ1) is 11.2. The quantitative estimate of drug-likeness (QED) is 0.787. The van der Waals surface area contributed by atoms with Gasteiger partial charge in [-0.25, -0.2) is 0 Å². The van der Waals surface area contributed by atoms with Crippen molar-refractivity contribution in [1.82, 2.24) is 10.6 Å². The van der Waals surface area contributed by atoms with Crippen LogP contribution < -0.4 is 15.4 Å². The molecule has 2 aromatic rings. The predicted molar refractivity (Wildman–Crippen MR) is 87.2 cm³/mol. The summed E-state index contributed by atoms with van der Waals surface area (Å²) in [7, 11) is 0. The number of para-hydroxylation sites is 1. The normalized spacial score (nSPS) is 20.2. The Morgan fingerprint density at radius 1 is 1.17 bits per heavy atom. The van der Waals surface area contributed by atoms with Gasteiger partial charge in [0.25, 0.3) is 0 Å². The molecule has 1 saturated heterocycles. The highest BCUT2D eigenvalue weighted by Gasteiger charge is 2.27. The Kier molecular flexibility index (Phi) is 4.90. The molecule has 0 aliphatic carbocycles. The molecule has 1 amide bonds. The van der Waals surface area contributed by atoms with Crippen molar-refractivity contribution in [3.63, 3.8) is 0 Å². The lowest BCUT2D eigenvalue weighted by atomic mass is 10.1. The molecule has 0 spiro atoms. The Hall–Kier alpha value is -2.37. The van der Waals surface area contributed by atoms with Crippen molar-refractivity contribution in [2.45, 2.75) is 25.1 Å². The minimum absolute atomic E-state index is 0.0871.